The normalized spacial score (nSPS) is 29.9. The second kappa shape index (κ2) is 8.46. The number of carbonyl (C=O) groups excluding carboxylic acids is 1. The van der Waals surface area contributed by atoms with E-state index in [2.05, 4.69) is 5.32 Å². The number of ketones is 1. The molecule has 3 atom stereocenters. The van der Waals surface area contributed by atoms with Crippen molar-refractivity contribution in [3.05, 3.63) is 35.9 Å². The average molecular weight is 424 g/mol. The number of nitrogens with one attached hydrogen (secondary N) is 1. The van der Waals surface area contributed by atoms with E-state index in [-0.39, 0.29) is 23.2 Å². The van der Waals surface area contributed by atoms with Crippen molar-refractivity contribution in [2.75, 3.05) is 18.8 Å². The standard InChI is InChI=1S/C12H17NO.C10H16O4S/c14-12(10-4-2-1-3-5-10)11-6-8-13-9-7-11;1-9(2)7-3-4-10(9,8(11)5-7)6-15(12,13)14/h1-5,11-14H,6-9H2;7H,3-6H2,1-2H3,(H,12,13,14)/t12-;7?,10-/m11/s1. The first-order valence-corrected chi connectivity index (χ1v) is 12.1. The van der Waals surface area contributed by atoms with Crippen LogP contribution in [0.5, 0.6) is 0 Å². The summed E-state index contributed by atoms with van der Waals surface area (Å²) >= 11 is 0. The highest BCUT2D eigenvalue weighted by Gasteiger charge is 2.65. The zero-order valence-corrected chi connectivity index (χ0v) is 18.1. The molecule has 2 aliphatic carbocycles. The molecular weight excluding hydrogens is 390 g/mol. The molecule has 2 bridgehead atoms. The molecule has 3 N–H and O–H groups in total. The predicted octanol–water partition coefficient (Wildman–Crippen LogP) is 2.99. The summed E-state index contributed by atoms with van der Waals surface area (Å²) in [5.41, 5.74) is -0.0649. The average Bonchev–Trinajstić information content (AvgIpc) is 3.02. The number of hydrogen-bond donors (Lipinski definition) is 3. The van der Waals surface area contributed by atoms with Gasteiger partial charge in [0.1, 0.15) is 5.78 Å². The molecule has 2 saturated carbocycles. The molecule has 4 rings (SSSR count). The predicted molar refractivity (Wildman–Crippen MR) is 112 cm³/mol. The molecule has 0 spiro atoms. The zero-order chi connectivity index (χ0) is 21.3. The van der Waals surface area contributed by atoms with Gasteiger partial charge in [-0.1, -0.05) is 44.2 Å². The van der Waals surface area contributed by atoms with Crippen molar-refractivity contribution in [2.45, 2.75) is 52.1 Å². The summed E-state index contributed by atoms with van der Waals surface area (Å²) in [6.07, 6.45) is 3.85. The Kier molecular flexibility index (Phi) is 6.53. The molecule has 1 aromatic carbocycles. The molecule has 3 fully saturated rings. The van der Waals surface area contributed by atoms with Crippen LogP contribution in [0.4, 0.5) is 0 Å². The molecular formula is C22H33NO5S. The number of rotatable bonds is 4. The van der Waals surface area contributed by atoms with Crippen molar-refractivity contribution >= 4 is 15.9 Å². The van der Waals surface area contributed by atoms with Gasteiger partial charge >= 0.3 is 0 Å². The molecule has 0 radical (unpaired) electrons. The second-order valence-corrected chi connectivity index (χ2v) is 10.8. The van der Waals surface area contributed by atoms with E-state index in [1.165, 1.54) is 0 Å². The lowest BCUT2D eigenvalue weighted by Gasteiger charge is -2.35. The van der Waals surface area contributed by atoms with E-state index in [9.17, 15) is 18.3 Å². The van der Waals surface area contributed by atoms with Gasteiger partial charge in [0.15, 0.2) is 0 Å². The topological polar surface area (TPSA) is 104 Å². The van der Waals surface area contributed by atoms with Gasteiger partial charge in [0.2, 0.25) is 0 Å². The lowest BCUT2D eigenvalue weighted by Crippen LogP contribution is -2.42. The first-order valence-electron chi connectivity index (χ1n) is 10.5. The third-order valence-electron chi connectivity index (χ3n) is 7.54. The Bertz CT molecular complexity index is 817. The number of Topliss-reactive ketones (excluding diaryl/α,β-unsaturated/α-hetero) is 1. The van der Waals surface area contributed by atoms with Gasteiger partial charge in [0.25, 0.3) is 10.1 Å². The van der Waals surface area contributed by atoms with Crippen LogP contribution in [-0.4, -0.2) is 42.7 Å². The second-order valence-electron chi connectivity index (χ2n) is 9.34. The molecule has 7 heteroatoms. The fraction of sp³-hybridized carbons (Fsp3) is 0.682. The van der Waals surface area contributed by atoms with Gasteiger partial charge in [-0.2, -0.15) is 8.42 Å². The number of aliphatic hydroxyl groups is 1. The molecule has 0 amide bonds. The van der Waals surface area contributed by atoms with Crippen LogP contribution in [0.25, 0.3) is 0 Å². The highest BCUT2D eigenvalue weighted by Crippen LogP contribution is 2.64. The minimum atomic E-state index is -4.08. The van der Waals surface area contributed by atoms with E-state index >= 15 is 0 Å². The van der Waals surface area contributed by atoms with Crippen LogP contribution >= 0.6 is 0 Å². The lowest BCUT2D eigenvalue weighted by molar-refractivity contribution is -0.128. The SMILES string of the molecule is CC1(C)C2CC[C@@]1(CS(=O)(=O)O)C(=O)C2.O[C@H](c1ccccc1)C1CCNCC1. The summed E-state index contributed by atoms with van der Waals surface area (Å²) in [5, 5.41) is 13.4. The quantitative estimate of drug-likeness (QED) is 0.643. The molecule has 162 valence electrons. The fourth-order valence-corrected chi connectivity index (χ4v) is 6.80. The van der Waals surface area contributed by atoms with Crippen molar-refractivity contribution in [3.63, 3.8) is 0 Å². The number of fused-ring (bicyclic) bond motifs is 2. The van der Waals surface area contributed by atoms with E-state index in [0.29, 0.717) is 18.8 Å². The maximum Gasteiger partial charge on any atom is 0.265 e. The maximum absolute atomic E-state index is 11.9. The van der Waals surface area contributed by atoms with Gasteiger partial charge in [-0.3, -0.25) is 9.35 Å². The molecule has 29 heavy (non-hydrogen) atoms. The van der Waals surface area contributed by atoms with Crippen LogP contribution < -0.4 is 5.32 Å². The summed E-state index contributed by atoms with van der Waals surface area (Å²) < 4.78 is 31.0. The van der Waals surface area contributed by atoms with Crippen molar-refractivity contribution in [3.8, 4) is 0 Å². The van der Waals surface area contributed by atoms with Crippen molar-refractivity contribution in [1.82, 2.24) is 5.32 Å². The van der Waals surface area contributed by atoms with E-state index in [4.69, 9.17) is 4.55 Å². The third kappa shape index (κ3) is 4.58. The van der Waals surface area contributed by atoms with Crippen LogP contribution in [0.15, 0.2) is 30.3 Å². The van der Waals surface area contributed by atoms with Crippen LogP contribution in [0.1, 0.15) is 57.6 Å². The summed E-state index contributed by atoms with van der Waals surface area (Å²) in [7, 11) is -4.08. The lowest BCUT2D eigenvalue weighted by atomic mass is 9.70. The molecule has 1 unspecified atom stereocenters. The van der Waals surface area contributed by atoms with E-state index in [1.807, 2.05) is 44.2 Å². The smallest absolute Gasteiger partial charge is 0.265 e. The molecule has 0 aromatic heterocycles. The number of piperidine rings is 1. The molecule has 1 saturated heterocycles. The molecule has 3 aliphatic rings. The van der Waals surface area contributed by atoms with Crippen molar-refractivity contribution in [1.29, 1.82) is 0 Å². The monoisotopic (exact) mass is 423 g/mol. The third-order valence-corrected chi connectivity index (χ3v) is 8.40. The fourth-order valence-electron chi connectivity index (χ4n) is 5.50. The Balaban J connectivity index is 0.000000166. The Morgan fingerprint density at radius 1 is 1.14 bits per heavy atom. The summed E-state index contributed by atoms with van der Waals surface area (Å²) in [4.78, 5) is 11.9. The van der Waals surface area contributed by atoms with E-state index in [1.54, 1.807) is 0 Å². The first-order chi connectivity index (χ1) is 13.6. The van der Waals surface area contributed by atoms with Gasteiger partial charge < -0.3 is 10.4 Å². The number of hydrogen-bond acceptors (Lipinski definition) is 5. The molecule has 1 aliphatic heterocycles. The van der Waals surface area contributed by atoms with E-state index < -0.39 is 21.3 Å². The van der Waals surface area contributed by atoms with Gasteiger partial charge in [0, 0.05) is 6.42 Å². The maximum atomic E-state index is 11.9. The van der Waals surface area contributed by atoms with Gasteiger partial charge in [-0.05, 0) is 61.6 Å². The zero-order valence-electron chi connectivity index (χ0n) is 17.3. The molecule has 1 aromatic rings. The van der Waals surface area contributed by atoms with E-state index in [0.717, 1.165) is 37.9 Å². The minimum absolute atomic E-state index is 0.0152. The van der Waals surface area contributed by atoms with Crippen molar-refractivity contribution in [2.24, 2.45) is 22.7 Å². The summed E-state index contributed by atoms with van der Waals surface area (Å²) in [6, 6.07) is 9.97. The number of aliphatic hydroxyl groups excluding tert-OH is 1. The Hall–Kier alpha value is -1.28. The Labute approximate surface area is 173 Å². The van der Waals surface area contributed by atoms with Crippen LogP contribution in [0, 0.1) is 22.7 Å². The van der Waals surface area contributed by atoms with Crippen molar-refractivity contribution < 1.29 is 22.9 Å². The van der Waals surface area contributed by atoms with Gasteiger partial charge in [-0.15, -0.1) is 0 Å². The Morgan fingerprint density at radius 3 is 2.24 bits per heavy atom. The van der Waals surface area contributed by atoms with Crippen LogP contribution in [-0.2, 0) is 14.9 Å². The number of benzene rings is 1. The van der Waals surface area contributed by atoms with Gasteiger partial charge in [0.05, 0.1) is 17.3 Å². The summed E-state index contributed by atoms with van der Waals surface area (Å²) in [5.74, 6) is 0.328. The minimum Gasteiger partial charge on any atom is -0.388 e. The van der Waals surface area contributed by atoms with Crippen LogP contribution in [0.2, 0.25) is 0 Å². The largest absolute Gasteiger partial charge is 0.388 e. The highest BCUT2D eigenvalue weighted by molar-refractivity contribution is 7.85. The molecule has 1 heterocycles. The highest BCUT2D eigenvalue weighted by atomic mass is 32.2. The number of carbonyl (C=O) groups is 1. The van der Waals surface area contributed by atoms with Gasteiger partial charge in [-0.25, -0.2) is 0 Å². The first kappa shape index (κ1) is 22.4. The molecule has 6 nitrogen and oxygen atoms in total. The van der Waals surface area contributed by atoms with Crippen LogP contribution in [0.3, 0.4) is 0 Å². The Morgan fingerprint density at radius 2 is 1.76 bits per heavy atom. The summed E-state index contributed by atoms with van der Waals surface area (Å²) in [6.45, 7) is 5.96.